The molecule has 0 fully saturated rings. The molecule has 0 amide bonds. The Morgan fingerprint density at radius 3 is 0.894 bits per heavy atom. The van der Waals surface area contributed by atoms with Gasteiger partial charge >= 0.3 is 5.97 Å². The minimum atomic E-state index is -0.0963. The van der Waals surface area contributed by atoms with Gasteiger partial charge in [0, 0.05) is 13.0 Å². The second kappa shape index (κ2) is 43.4. The van der Waals surface area contributed by atoms with Crippen molar-refractivity contribution < 1.29 is 23.7 Å². The summed E-state index contributed by atoms with van der Waals surface area (Å²) in [7, 11) is 0. The molecule has 0 aromatic carbocycles. The molecule has 0 N–H and O–H groups in total. The SMILES string of the molecule is CCCCCCCCCCCCCCCCCCOCCOCCOCCOC(=O)CCCCCCCCCCCCCCCCC. The fraction of sp³-hybridized carbons (Fsp3) is 0.976. The standard InChI is InChI=1S/C42H84O5/c1-3-5-7-9-11-13-15-17-19-21-23-25-27-29-31-33-35-44-36-37-45-38-39-46-40-41-47-42(43)34-32-30-28-26-24-22-20-18-16-14-12-10-8-6-4-2/h3-41H2,1-2H3. The lowest BCUT2D eigenvalue weighted by Crippen LogP contribution is -2.14. The molecular weight excluding hydrogens is 584 g/mol. The number of carbonyl (C=O) groups is 1. The van der Waals surface area contributed by atoms with E-state index in [2.05, 4.69) is 13.8 Å². The summed E-state index contributed by atoms with van der Waals surface area (Å²) in [5, 5.41) is 0. The van der Waals surface area contributed by atoms with Crippen LogP contribution < -0.4 is 0 Å². The number of hydrogen-bond acceptors (Lipinski definition) is 5. The number of ether oxygens (including phenoxy) is 4. The van der Waals surface area contributed by atoms with E-state index in [1.165, 1.54) is 180 Å². The number of rotatable bonds is 42. The number of esters is 1. The smallest absolute Gasteiger partial charge is 0.305 e. The minimum absolute atomic E-state index is 0.0963. The van der Waals surface area contributed by atoms with Gasteiger partial charge in [-0.1, -0.05) is 200 Å². The van der Waals surface area contributed by atoms with E-state index >= 15 is 0 Å². The topological polar surface area (TPSA) is 54.0 Å². The van der Waals surface area contributed by atoms with Crippen LogP contribution in [0.1, 0.15) is 219 Å². The monoisotopic (exact) mass is 669 g/mol. The quantitative estimate of drug-likeness (QED) is 0.0478. The molecule has 5 nitrogen and oxygen atoms in total. The average molecular weight is 669 g/mol. The summed E-state index contributed by atoms with van der Waals surface area (Å²) in [6.07, 6.45) is 42.8. The third-order valence-electron chi connectivity index (χ3n) is 9.36. The van der Waals surface area contributed by atoms with E-state index in [0.29, 0.717) is 46.1 Å². The zero-order valence-corrected chi connectivity index (χ0v) is 32.1. The zero-order valence-electron chi connectivity index (χ0n) is 32.1. The number of hydrogen-bond donors (Lipinski definition) is 0. The van der Waals surface area contributed by atoms with Gasteiger partial charge in [0.1, 0.15) is 6.61 Å². The van der Waals surface area contributed by atoms with Crippen molar-refractivity contribution >= 4 is 5.97 Å². The van der Waals surface area contributed by atoms with Gasteiger partial charge in [-0.15, -0.1) is 0 Å². The first-order chi connectivity index (χ1) is 23.3. The Bertz CT molecular complexity index is 569. The predicted octanol–water partition coefficient (Wildman–Crippen LogP) is 13.1. The van der Waals surface area contributed by atoms with Crippen molar-refractivity contribution in [2.24, 2.45) is 0 Å². The molecule has 0 heterocycles. The maximum atomic E-state index is 11.9. The maximum Gasteiger partial charge on any atom is 0.305 e. The van der Waals surface area contributed by atoms with Crippen LogP contribution in [0.4, 0.5) is 0 Å². The van der Waals surface area contributed by atoms with E-state index < -0.39 is 0 Å². The summed E-state index contributed by atoms with van der Waals surface area (Å²) >= 11 is 0. The van der Waals surface area contributed by atoms with E-state index in [9.17, 15) is 4.79 Å². The molecule has 0 aromatic heterocycles. The molecule has 47 heavy (non-hydrogen) atoms. The molecule has 0 aliphatic carbocycles. The predicted molar refractivity (Wildman–Crippen MR) is 203 cm³/mol. The van der Waals surface area contributed by atoms with Gasteiger partial charge in [0.2, 0.25) is 0 Å². The number of carbonyl (C=O) groups excluding carboxylic acids is 1. The van der Waals surface area contributed by atoms with Gasteiger partial charge in [0.25, 0.3) is 0 Å². The Hall–Kier alpha value is -0.650. The van der Waals surface area contributed by atoms with Crippen molar-refractivity contribution in [2.45, 2.75) is 219 Å². The molecule has 0 aromatic rings. The lowest BCUT2D eigenvalue weighted by atomic mass is 10.0. The Morgan fingerprint density at radius 2 is 0.553 bits per heavy atom. The summed E-state index contributed by atoms with van der Waals surface area (Å²) in [6, 6.07) is 0. The first-order valence-corrected chi connectivity index (χ1v) is 21.2. The summed E-state index contributed by atoms with van der Waals surface area (Å²) in [5.41, 5.74) is 0. The molecule has 0 saturated carbocycles. The third kappa shape index (κ3) is 43.3. The van der Waals surface area contributed by atoms with E-state index in [0.717, 1.165) is 25.9 Å². The highest BCUT2D eigenvalue weighted by Crippen LogP contribution is 2.15. The molecule has 0 atom stereocenters. The molecule has 0 aliphatic heterocycles. The van der Waals surface area contributed by atoms with Crippen molar-refractivity contribution in [3.63, 3.8) is 0 Å². The first-order valence-electron chi connectivity index (χ1n) is 21.2. The van der Waals surface area contributed by atoms with Crippen molar-refractivity contribution in [3.8, 4) is 0 Å². The second-order valence-corrected chi connectivity index (χ2v) is 14.1. The largest absolute Gasteiger partial charge is 0.463 e. The fourth-order valence-electron chi connectivity index (χ4n) is 6.22. The minimum Gasteiger partial charge on any atom is -0.463 e. The van der Waals surface area contributed by atoms with Crippen LogP contribution in [0.25, 0.3) is 0 Å². The molecule has 0 radical (unpaired) electrons. The van der Waals surface area contributed by atoms with Crippen molar-refractivity contribution in [3.05, 3.63) is 0 Å². The van der Waals surface area contributed by atoms with Crippen LogP contribution in [0, 0.1) is 0 Å². The molecule has 0 aliphatic rings. The van der Waals surface area contributed by atoms with Crippen LogP contribution in [-0.2, 0) is 23.7 Å². The Kier molecular flexibility index (Phi) is 42.8. The van der Waals surface area contributed by atoms with Gasteiger partial charge in [0.05, 0.1) is 33.0 Å². The molecule has 282 valence electrons. The zero-order chi connectivity index (χ0) is 34.0. The van der Waals surface area contributed by atoms with Crippen LogP contribution >= 0.6 is 0 Å². The molecule has 0 unspecified atom stereocenters. The van der Waals surface area contributed by atoms with E-state index in [1.54, 1.807) is 0 Å². The first kappa shape index (κ1) is 46.4. The highest BCUT2D eigenvalue weighted by Gasteiger charge is 2.03. The molecular formula is C42H84O5. The van der Waals surface area contributed by atoms with E-state index in [4.69, 9.17) is 18.9 Å². The van der Waals surface area contributed by atoms with Gasteiger partial charge in [-0.25, -0.2) is 0 Å². The van der Waals surface area contributed by atoms with Crippen molar-refractivity contribution in [1.29, 1.82) is 0 Å². The average Bonchev–Trinajstić information content (AvgIpc) is 3.08. The van der Waals surface area contributed by atoms with Gasteiger partial charge in [-0.05, 0) is 12.8 Å². The second-order valence-electron chi connectivity index (χ2n) is 14.1. The lowest BCUT2D eigenvalue weighted by molar-refractivity contribution is -0.145. The van der Waals surface area contributed by atoms with E-state index in [-0.39, 0.29) is 5.97 Å². The Balaban J connectivity index is 3.13. The highest BCUT2D eigenvalue weighted by atomic mass is 16.6. The molecule has 0 rings (SSSR count). The van der Waals surface area contributed by atoms with Gasteiger partial charge < -0.3 is 18.9 Å². The van der Waals surface area contributed by atoms with Crippen molar-refractivity contribution in [2.75, 3.05) is 46.2 Å². The summed E-state index contributed by atoms with van der Waals surface area (Å²) < 4.78 is 22.1. The molecule has 5 heteroatoms. The van der Waals surface area contributed by atoms with Crippen molar-refractivity contribution in [1.82, 2.24) is 0 Å². The highest BCUT2D eigenvalue weighted by molar-refractivity contribution is 5.69. The normalized spacial score (nSPS) is 11.4. The molecule has 0 bridgehead atoms. The fourth-order valence-corrected chi connectivity index (χ4v) is 6.22. The van der Waals surface area contributed by atoms with Crippen LogP contribution in [-0.4, -0.2) is 52.2 Å². The summed E-state index contributed by atoms with van der Waals surface area (Å²) in [4.78, 5) is 11.9. The Labute approximate surface area is 294 Å². The van der Waals surface area contributed by atoms with Gasteiger partial charge in [-0.2, -0.15) is 0 Å². The molecule has 0 saturated heterocycles. The van der Waals surface area contributed by atoms with E-state index in [1.807, 2.05) is 0 Å². The molecule has 0 spiro atoms. The summed E-state index contributed by atoms with van der Waals surface area (Å²) in [6.45, 7) is 8.51. The maximum absolute atomic E-state index is 11.9. The summed E-state index contributed by atoms with van der Waals surface area (Å²) in [5.74, 6) is -0.0963. The van der Waals surface area contributed by atoms with Gasteiger partial charge in [0.15, 0.2) is 0 Å². The third-order valence-corrected chi connectivity index (χ3v) is 9.36. The van der Waals surface area contributed by atoms with Crippen LogP contribution in [0.3, 0.4) is 0 Å². The van der Waals surface area contributed by atoms with Gasteiger partial charge in [-0.3, -0.25) is 4.79 Å². The van der Waals surface area contributed by atoms with Crippen LogP contribution in [0.2, 0.25) is 0 Å². The number of unbranched alkanes of at least 4 members (excludes halogenated alkanes) is 29. The van der Waals surface area contributed by atoms with Crippen LogP contribution in [0.15, 0.2) is 0 Å². The lowest BCUT2D eigenvalue weighted by Gasteiger charge is -2.08. The van der Waals surface area contributed by atoms with Crippen LogP contribution in [0.5, 0.6) is 0 Å². The Morgan fingerprint density at radius 1 is 0.298 bits per heavy atom.